The Labute approximate surface area is 175 Å². The van der Waals surface area contributed by atoms with E-state index in [9.17, 15) is 8.78 Å². The lowest BCUT2D eigenvalue weighted by atomic mass is 10.00. The molecule has 2 fully saturated rings. The van der Waals surface area contributed by atoms with Crippen LogP contribution in [-0.2, 0) is 4.74 Å². The van der Waals surface area contributed by atoms with Crippen LogP contribution < -0.4 is 10.6 Å². The number of hydrogen-bond acceptors (Lipinski definition) is 7. The molecule has 2 aliphatic rings. The molecule has 6 rings (SSSR count). The number of fused-ring (bicyclic) bond motifs is 4. The maximum atomic E-state index is 13.4. The van der Waals surface area contributed by atoms with Crippen LogP contribution in [0, 0.1) is 5.92 Å². The smallest absolute Gasteiger partial charge is 0.281 e. The van der Waals surface area contributed by atoms with Gasteiger partial charge in [0.25, 0.3) is 6.43 Å². The van der Waals surface area contributed by atoms with Crippen molar-refractivity contribution in [3.05, 3.63) is 42.5 Å². The summed E-state index contributed by atoms with van der Waals surface area (Å²) in [5.74, 6) is 1.18. The van der Waals surface area contributed by atoms with Crippen LogP contribution in [0.5, 0.6) is 0 Å². The largest absolute Gasteiger partial charge is 0.384 e. The molecular formula is C21H19F2N7O. The van der Waals surface area contributed by atoms with Crippen LogP contribution in [0.3, 0.4) is 0 Å². The second-order valence-corrected chi connectivity index (χ2v) is 8.10. The lowest BCUT2D eigenvalue weighted by Crippen LogP contribution is -2.39. The van der Waals surface area contributed by atoms with Crippen molar-refractivity contribution in [3.63, 3.8) is 0 Å². The number of nitrogens with two attached hydrogens (primary N) is 1. The van der Waals surface area contributed by atoms with E-state index in [0.717, 1.165) is 31.8 Å². The lowest BCUT2D eigenvalue weighted by Gasteiger charge is -2.31. The van der Waals surface area contributed by atoms with E-state index in [0.29, 0.717) is 28.3 Å². The minimum atomic E-state index is -2.72. The zero-order chi connectivity index (χ0) is 21.1. The third-order valence-electron chi connectivity index (χ3n) is 6.02. The standard InChI is InChI=1S/C21H19F2N7O/c22-20(23)19-15-5-25-17(24)4-14(15)16(6-26-19)21-27-18-2-1-12(8-30(18)28-21)29-7-11-3-13(9-29)31-10-11/h1-2,4-6,8,11,13,20H,3,7,9-10H2,(H2,24,25). The van der Waals surface area contributed by atoms with Crippen molar-refractivity contribution in [1.29, 1.82) is 0 Å². The fraction of sp³-hybridized carbons (Fsp3) is 0.333. The number of ether oxygens (including phenoxy) is 1. The van der Waals surface area contributed by atoms with Crippen molar-refractivity contribution in [2.45, 2.75) is 19.0 Å². The maximum Gasteiger partial charge on any atom is 0.281 e. The van der Waals surface area contributed by atoms with Crippen molar-refractivity contribution in [1.82, 2.24) is 24.6 Å². The van der Waals surface area contributed by atoms with Crippen molar-refractivity contribution in [2.24, 2.45) is 5.92 Å². The predicted octanol–water partition coefficient (Wildman–Crippen LogP) is 3.08. The second-order valence-electron chi connectivity index (χ2n) is 8.10. The molecular weight excluding hydrogens is 404 g/mol. The molecule has 2 N–H and O–H groups in total. The molecule has 0 saturated carbocycles. The maximum absolute atomic E-state index is 13.4. The zero-order valence-electron chi connectivity index (χ0n) is 16.4. The van der Waals surface area contributed by atoms with Gasteiger partial charge in [0.15, 0.2) is 11.5 Å². The summed E-state index contributed by atoms with van der Waals surface area (Å²) >= 11 is 0. The Kier molecular flexibility index (Phi) is 4.04. The molecule has 0 spiro atoms. The molecule has 2 bridgehead atoms. The first-order chi connectivity index (χ1) is 15.0. The predicted molar refractivity (Wildman–Crippen MR) is 111 cm³/mol. The van der Waals surface area contributed by atoms with E-state index in [1.54, 1.807) is 10.6 Å². The molecule has 8 nitrogen and oxygen atoms in total. The molecule has 10 heteroatoms. The van der Waals surface area contributed by atoms with Gasteiger partial charge in [-0.1, -0.05) is 0 Å². The molecule has 4 aromatic heterocycles. The molecule has 0 amide bonds. The van der Waals surface area contributed by atoms with Gasteiger partial charge >= 0.3 is 0 Å². The Bertz CT molecular complexity index is 1300. The van der Waals surface area contributed by atoms with Crippen LogP contribution in [0.2, 0.25) is 0 Å². The molecule has 2 saturated heterocycles. The van der Waals surface area contributed by atoms with Gasteiger partial charge in [-0.3, -0.25) is 4.98 Å². The van der Waals surface area contributed by atoms with Gasteiger partial charge in [0.2, 0.25) is 0 Å². The van der Waals surface area contributed by atoms with Gasteiger partial charge in [-0.25, -0.2) is 23.3 Å². The highest BCUT2D eigenvalue weighted by atomic mass is 19.3. The van der Waals surface area contributed by atoms with Gasteiger partial charge in [0, 0.05) is 47.7 Å². The zero-order valence-corrected chi connectivity index (χ0v) is 16.4. The first kappa shape index (κ1) is 18.4. The first-order valence-corrected chi connectivity index (χ1v) is 10.1. The quantitative estimate of drug-likeness (QED) is 0.541. The molecule has 2 unspecified atom stereocenters. The summed E-state index contributed by atoms with van der Waals surface area (Å²) in [6.07, 6.45) is 3.32. The van der Waals surface area contributed by atoms with E-state index in [1.807, 2.05) is 18.3 Å². The third kappa shape index (κ3) is 3.05. The minimum Gasteiger partial charge on any atom is -0.384 e. The minimum absolute atomic E-state index is 0.230. The highest BCUT2D eigenvalue weighted by molar-refractivity contribution is 5.97. The number of nitrogen functional groups attached to an aromatic ring is 1. The summed E-state index contributed by atoms with van der Waals surface area (Å²) in [6, 6.07) is 5.48. The monoisotopic (exact) mass is 423 g/mol. The van der Waals surface area contributed by atoms with Crippen molar-refractivity contribution < 1.29 is 13.5 Å². The normalized spacial score (nSPS) is 20.9. The molecule has 2 aliphatic heterocycles. The lowest BCUT2D eigenvalue weighted by molar-refractivity contribution is 0.119. The number of hydrogen-bond donors (Lipinski definition) is 1. The molecule has 158 valence electrons. The van der Waals surface area contributed by atoms with Crippen LogP contribution in [0.15, 0.2) is 36.8 Å². The van der Waals surface area contributed by atoms with Gasteiger partial charge in [0.1, 0.15) is 11.5 Å². The highest BCUT2D eigenvalue weighted by Gasteiger charge is 2.34. The number of pyridine rings is 3. The summed E-state index contributed by atoms with van der Waals surface area (Å²) < 4.78 is 34.3. The van der Waals surface area contributed by atoms with Gasteiger partial charge in [-0.05, 0) is 24.6 Å². The number of anilines is 2. The van der Waals surface area contributed by atoms with Crippen LogP contribution in [0.1, 0.15) is 18.5 Å². The average molecular weight is 423 g/mol. The Hall–Kier alpha value is -3.40. The summed E-state index contributed by atoms with van der Waals surface area (Å²) in [7, 11) is 0. The van der Waals surface area contributed by atoms with Crippen LogP contribution in [0.25, 0.3) is 27.8 Å². The first-order valence-electron chi connectivity index (χ1n) is 10.1. The summed E-state index contributed by atoms with van der Waals surface area (Å²) in [5, 5.41) is 5.34. The summed E-state index contributed by atoms with van der Waals surface area (Å²) in [5.41, 5.74) is 7.72. The summed E-state index contributed by atoms with van der Waals surface area (Å²) in [6.45, 7) is 2.64. The van der Waals surface area contributed by atoms with Crippen LogP contribution in [-0.4, -0.2) is 50.4 Å². The fourth-order valence-corrected chi connectivity index (χ4v) is 4.57. The van der Waals surface area contributed by atoms with Crippen LogP contribution >= 0.6 is 0 Å². The number of alkyl halides is 2. The van der Waals surface area contributed by atoms with E-state index in [-0.39, 0.29) is 23.0 Å². The van der Waals surface area contributed by atoms with Gasteiger partial charge in [-0.2, -0.15) is 0 Å². The van der Waals surface area contributed by atoms with Gasteiger partial charge < -0.3 is 15.4 Å². The van der Waals surface area contributed by atoms with Crippen LogP contribution in [0.4, 0.5) is 20.3 Å². The Morgan fingerprint density at radius 1 is 1.13 bits per heavy atom. The number of aromatic nitrogens is 5. The molecule has 31 heavy (non-hydrogen) atoms. The van der Waals surface area contributed by atoms with E-state index in [1.165, 1.54) is 12.4 Å². The second kappa shape index (κ2) is 6.81. The molecule has 0 radical (unpaired) electrons. The Morgan fingerprint density at radius 3 is 2.87 bits per heavy atom. The van der Waals surface area contributed by atoms with Gasteiger partial charge in [0.05, 0.1) is 24.6 Å². The Morgan fingerprint density at radius 2 is 2.03 bits per heavy atom. The summed E-state index contributed by atoms with van der Waals surface area (Å²) in [4.78, 5) is 14.8. The average Bonchev–Trinajstić information content (AvgIpc) is 3.34. The molecule has 0 aliphatic carbocycles. The molecule has 6 heterocycles. The van der Waals surface area contributed by atoms with Crippen molar-refractivity contribution in [3.8, 4) is 11.4 Å². The van der Waals surface area contributed by atoms with Gasteiger partial charge in [-0.15, -0.1) is 5.10 Å². The third-order valence-corrected chi connectivity index (χ3v) is 6.02. The fourth-order valence-electron chi connectivity index (χ4n) is 4.57. The Balaban J connectivity index is 1.43. The highest BCUT2D eigenvalue weighted by Crippen LogP contribution is 2.33. The van der Waals surface area contributed by atoms with E-state index >= 15 is 0 Å². The number of rotatable bonds is 3. The van der Waals surface area contributed by atoms with Crippen molar-refractivity contribution in [2.75, 3.05) is 30.3 Å². The van der Waals surface area contributed by atoms with E-state index in [4.69, 9.17) is 10.5 Å². The SMILES string of the molecule is Nc1cc2c(-c3nc4ccc(N5CC6COC(C6)C5)cn4n3)cnc(C(F)F)c2cn1. The molecule has 0 aromatic carbocycles. The number of piperidine rings is 1. The topological polar surface area (TPSA) is 94.5 Å². The molecule has 2 atom stereocenters. The molecule has 4 aromatic rings. The van der Waals surface area contributed by atoms with E-state index < -0.39 is 6.43 Å². The van der Waals surface area contributed by atoms with E-state index in [2.05, 4.69) is 25.0 Å². The number of halogens is 2. The number of nitrogens with zero attached hydrogens (tertiary/aromatic N) is 6. The van der Waals surface area contributed by atoms with Crippen molar-refractivity contribution >= 4 is 27.9 Å².